The van der Waals surface area contributed by atoms with E-state index in [9.17, 15) is 13.2 Å². The second-order valence-electron chi connectivity index (χ2n) is 6.23. The summed E-state index contributed by atoms with van der Waals surface area (Å²) in [5, 5.41) is 4.91. The van der Waals surface area contributed by atoms with Crippen molar-refractivity contribution in [1.29, 1.82) is 0 Å². The average Bonchev–Trinajstić information content (AvgIpc) is 3.08. The molecule has 1 heterocycles. The fourth-order valence-electron chi connectivity index (χ4n) is 2.50. The molecule has 0 unspecified atom stereocenters. The Hall–Kier alpha value is -2.84. The summed E-state index contributed by atoms with van der Waals surface area (Å²) in [6.07, 6.45) is 1.16. The predicted molar refractivity (Wildman–Crippen MR) is 112 cm³/mol. The Morgan fingerprint density at radius 1 is 1.07 bits per heavy atom. The van der Waals surface area contributed by atoms with Crippen LogP contribution in [-0.2, 0) is 9.84 Å². The van der Waals surface area contributed by atoms with Gasteiger partial charge in [0, 0.05) is 11.8 Å². The van der Waals surface area contributed by atoms with Crippen LogP contribution in [-0.4, -0.2) is 31.3 Å². The molecule has 0 atom stereocenters. The van der Waals surface area contributed by atoms with E-state index in [1.807, 2.05) is 30.3 Å². The fraction of sp³-hybridized carbons (Fsp3) is 0.150. The van der Waals surface area contributed by atoms with Crippen molar-refractivity contribution in [3.05, 3.63) is 70.7 Å². The summed E-state index contributed by atoms with van der Waals surface area (Å²) in [5.41, 5.74) is 5.44. The van der Waals surface area contributed by atoms with Crippen LogP contribution in [0.4, 0.5) is 0 Å². The molecule has 6 nitrogen and oxygen atoms in total. The highest BCUT2D eigenvalue weighted by Gasteiger charge is 2.16. The molecule has 8 heteroatoms. The van der Waals surface area contributed by atoms with E-state index in [2.05, 4.69) is 15.5 Å². The van der Waals surface area contributed by atoms with Crippen LogP contribution in [0.1, 0.15) is 27.9 Å². The van der Waals surface area contributed by atoms with Crippen LogP contribution in [0.15, 0.2) is 64.6 Å². The van der Waals surface area contributed by atoms with Crippen molar-refractivity contribution >= 4 is 32.8 Å². The van der Waals surface area contributed by atoms with Gasteiger partial charge in [-0.15, -0.1) is 11.3 Å². The Morgan fingerprint density at radius 3 is 2.32 bits per heavy atom. The van der Waals surface area contributed by atoms with Gasteiger partial charge in [-0.05, 0) is 31.5 Å². The second kappa shape index (κ2) is 8.04. The van der Waals surface area contributed by atoms with Crippen LogP contribution >= 0.6 is 11.3 Å². The van der Waals surface area contributed by atoms with Gasteiger partial charge < -0.3 is 0 Å². The molecule has 144 valence electrons. The van der Waals surface area contributed by atoms with Crippen LogP contribution in [0.3, 0.4) is 0 Å². The Balaban J connectivity index is 1.75. The number of thiazole rings is 1. The van der Waals surface area contributed by atoms with Crippen LogP contribution in [0.2, 0.25) is 0 Å². The zero-order chi connectivity index (χ0) is 20.3. The van der Waals surface area contributed by atoms with Crippen LogP contribution in [0.25, 0.3) is 10.6 Å². The maximum absolute atomic E-state index is 12.5. The van der Waals surface area contributed by atoms with E-state index in [1.165, 1.54) is 23.5 Å². The maximum atomic E-state index is 12.5. The Kier molecular flexibility index (Phi) is 5.71. The molecule has 0 aliphatic heterocycles. The molecule has 0 bridgehead atoms. The summed E-state index contributed by atoms with van der Waals surface area (Å²) >= 11 is 1.31. The Labute approximate surface area is 167 Å². The van der Waals surface area contributed by atoms with Crippen LogP contribution < -0.4 is 5.43 Å². The van der Waals surface area contributed by atoms with Crippen molar-refractivity contribution < 1.29 is 13.2 Å². The molecule has 3 aromatic rings. The molecule has 0 aliphatic carbocycles. The predicted octanol–water partition coefficient (Wildman–Crippen LogP) is 3.68. The van der Waals surface area contributed by atoms with E-state index in [4.69, 9.17) is 0 Å². The molecule has 0 fully saturated rings. The zero-order valence-electron chi connectivity index (χ0n) is 15.6. The average molecular weight is 414 g/mol. The summed E-state index contributed by atoms with van der Waals surface area (Å²) in [4.78, 5) is 17.7. The lowest BCUT2D eigenvalue weighted by Gasteiger charge is -2.04. The molecule has 1 N–H and O–H groups in total. The summed E-state index contributed by atoms with van der Waals surface area (Å²) in [5.74, 6) is -0.329. The van der Waals surface area contributed by atoms with E-state index >= 15 is 0 Å². The lowest BCUT2D eigenvalue weighted by Crippen LogP contribution is -2.19. The van der Waals surface area contributed by atoms with Crippen molar-refractivity contribution in [2.45, 2.75) is 18.7 Å². The number of aromatic nitrogens is 1. The quantitative estimate of drug-likeness (QED) is 0.510. The molecule has 1 amide bonds. The number of hydrogen-bond acceptors (Lipinski definition) is 6. The number of nitrogens with one attached hydrogen (secondary N) is 1. The number of hydrogen-bond donors (Lipinski definition) is 1. The molecule has 1 aromatic heterocycles. The van der Waals surface area contributed by atoms with Gasteiger partial charge in [0.25, 0.3) is 5.91 Å². The van der Waals surface area contributed by atoms with E-state index in [-0.39, 0.29) is 10.8 Å². The number of hydrazone groups is 1. The number of carbonyl (C=O) groups excluding carboxylic acids is 1. The lowest BCUT2D eigenvalue weighted by molar-refractivity contribution is 0.0958. The van der Waals surface area contributed by atoms with Crippen molar-refractivity contribution in [1.82, 2.24) is 10.4 Å². The molecule has 28 heavy (non-hydrogen) atoms. The number of carbonyl (C=O) groups is 1. The molecular weight excluding hydrogens is 394 g/mol. The van der Waals surface area contributed by atoms with Gasteiger partial charge in [-0.3, -0.25) is 4.79 Å². The number of amides is 1. The van der Waals surface area contributed by atoms with E-state index in [0.29, 0.717) is 16.3 Å². The van der Waals surface area contributed by atoms with E-state index in [0.717, 1.165) is 22.4 Å². The first-order chi connectivity index (χ1) is 13.3. The Bertz CT molecular complexity index is 1130. The molecule has 0 aliphatic rings. The fourth-order valence-corrected chi connectivity index (χ4v) is 4.10. The van der Waals surface area contributed by atoms with Gasteiger partial charge in [0.15, 0.2) is 9.84 Å². The number of rotatable bonds is 5. The maximum Gasteiger partial charge on any atom is 0.283 e. The largest absolute Gasteiger partial charge is 0.283 e. The van der Waals surface area contributed by atoms with E-state index in [1.54, 1.807) is 26.0 Å². The summed E-state index contributed by atoms with van der Waals surface area (Å²) in [6.45, 7) is 3.53. The van der Waals surface area contributed by atoms with Gasteiger partial charge in [0.1, 0.15) is 9.88 Å². The smallest absolute Gasteiger partial charge is 0.266 e. The van der Waals surface area contributed by atoms with E-state index < -0.39 is 9.84 Å². The second-order valence-corrected chi connectivity index (χ2v) is 9.25. The molecule has 3 rings (SSSR count). The van der Waals surface area contributed by atoms with Gasteiger partial charge in [-0.1, -0.05) is 42.5 Å². The summed E-state index contributed by atoms with van der Waals surface area (Å²) in [6, 6.07) is 16.0. The third-order valence-electron chi connectivity index (χ3n) is 4.05. The highest BCUT2D eigenvalue weighted by atomic mass is 32.2. The normalized spacial score (nSPS) is 12.0. The highest BCUT2D eigenvalue weighted by Crippen LogP contribution is 2.27. The van der Waals surface area contributed by atoms with Crippen LogP contribution in [0, 0.1) is 6.92 Å². The minimum absolute atomic E-state index is 0.238. The molecule has 0 saturated heterocycles. The summed E-state index contributed by atoms with van der Waals surface area (Å²) < 4.78 is 23.1. The minimum Gasteiger partial charge on any atom is -0.266 e. The summed E-state index contributed by atoms with van der Waals surface area (Å²) in [7, 11) is -3.25. The number of sulfone groups is 1. The SMILES string of the molecule is C/C(=N\NC(=O)c1sc(-c2ccccc2)nc1C)c1ccc(S(C)(=O)=O)cc1. The van der Waals surface area contributed by atoms with Gasteiger partial charge >= 0.3 is 0 Å². The number of aryl methyl sites for hydroxylation is 1. The van der Waals surface area contributed by atoms with Crippen molar-refractivity contribution in [2.24, 2.45) is 5.10 Å². The van der Waals surface area contributed by atoms with Crippen molar-refractivity contribution in [3.8, 4) is 10.6 Å². The lowest BCUT2D eigenvalue weighted by atomic mass is 10.1. The first kappa shape index (κ1) is 19.9. The molecular formula is C20H19N3O3S2. The minimum atomic E-state index is -3.25. The van der Waals surface area contributed by atoms with Crippen molar-refractivity contribution in [3.63, 3.8) is 0 Å². The third-order valence-corrected chi connectivity index (χ3v) is 6.38. The zero-order valence-corrected chi connectivity index (χ0v) is 17.3. The Morgan fingerprint density at radius 2 is 1.71 bits per heavy atom. The van der Waals surface area contributed by atoms with Gasteiger partial charge in [0.2, 0.25) is 0 Å². The molecule has 0 radical (unpaired) electrons. The standard InChI is InChI=1S/C20H19N3O3S2/c1-13(15-9-11-17(12-10-15)28(3,25)26)22-23-19(24)18-14(2)21-20(27-18)16-7-5-4-6-8-16/h4-12H,1-3H3,(H,23,24)/b22-13+. The van der Waals surface area contributed by atoms with Gasteiger partial charge in [-0.2, -0.15) is 5.10 Å². The molecule has 2 aromatic carbocycles. The molecule has 0 saturated carbocycles. The van der Waals surface area contributed by atoms with Gasteiger partial charge in [0.05, 0.1) is 16.3 Å². The van der Waals surface area contributed by atoms with Gasteiger partial charge in [-0.25, -0.2) is 18.8 Å². The monoisotopic (exact) mass is 413 g/mol. The number of nitrogens with zero attached hydrogens (tertiary/aromatic N) is 2. The number of benzene rings is 2. The third kappa shape index (κ3) is 4.52. The first-order valence-corrected chi connectivity index (χ1v) is 11.1. The highest BCUT2D eigenvalue weighted by molar-refractivity contribution is 7.90. The van der Waals surface area contributed by atoms with Crippen LogP contribution in [0.5, 0.6) is 0 Å². The topological polar surface area (TPSA) is 88.5 Å². The van der Waals surface area contributed by atoms with Crippen molar-refractivity contribution in [2.75, 3.05) is 6.26 Å². The first-order valence-electron chi connectivity index (χ1n) is 8.43. The molecule has 0 spiro atoms.